The molecule has 1 aliphatic heterocycles. The monoisotopic (exact) mass is 210 g/mol. The van der Waals surface area contributed by atoms with E-state index in [4.69, 9.17) is 10.6 Å². The van der Waals surface area contributed by atoms with Gasteiger partial charge in [-0.1, -0.05) is 12.1 Å². The normalized spacial score (nSPS) is 14.5. The van der Waals surface area contributed by atoms with Crippen LogP contribution in [0.3, 0.4) is 0 Å². The van der Waals surface area contributed by atoms with Crippen LogP contribution in [0, 0.1) is 5.82 Å². The van der Waals surface area contributed by atoms with Crippen molar-refractivity contribution >= 4 is 11.6 Å². The van der Waals surface area contributed by atoms with E-state index >= 15 is 0 Å². The van der Waals surface area contributed by atoms with Crippen molar-refractivity contribution in [3.05, 3.63) is 29.6 Å². The number of rotatable bonds is 3. The van der Waals surface area contributed by atoms with Crippen LogP contribution in [0.5, 0.6) is 0 Å². The minimum Gasteiger partial charge on any atom is -0.328 e. The highest BCUT2D eigenvalue weighted by Gasteiger charge is 2.30. The summed E-state index contributed by atoms with van der Waals surface area (Å²) in [7, 11) is 0. The molecule has 80 valence electrons. The molecule has 1 amide bonds. The summed E-state index contributed by atoms with van der Waals surface area (Å²) >= 11 is 0. The zero-order valence-electron chi connectivity index (χ0n) is 8.07. The molecule has 4 nitrogen and oxygen atoms in total. The van der Waals surface area contributed by atoms with Crippen LogP contribution in [-0.2, 0) is 16.1 Å². The second kappa shape index (κ2) is 3.96. The fourth-order valence-electron chi connectivity index (χ4n) is 1.57. The number of benzene rings is 1. The number of hydroxylamine groups is 1. The van der Waals surface area contributed by atoms with Crippen molar-refractivity contribution in [2.45, 2.75) is 6.42 Å². The number of nitrogens with two attached hydrogens (primary N) is 1. The smallest absolute Gasteiger partial charge is 0.255 e. The number of amides is 1. The van der Waals surface area contributed by atoms with Gasteiger partial charge < -0.3 is 5.73 Å². The molecule has 2 rings (SSSR count). The minimum atomic E-state index is -0.449. The van der Waals surface area contributed by atoms with E-state index < -0.39 is 5.82 Å². The molecule has 0 fully saturated rings. The summed E-state index contributed by atoms with van der Waals surface area (Å²) in [5.74, 6) is -0.709. The molecule has 1 heterocycles. The van der Waals surface area contributed by atoms with Crippen molar-refractivity contribution in [1.82, 2.24) is 0 Å². The van der Waals surface area contributed by atoms with Gasteiger partial charge in [-0.25, -0.2) is 4.39 Å². The van der Waals surface area contributed by atoms with E-state index in [9.17, 15) is 9.18 Å². The first-order chi connectivity index (χ1) is 7.24. The van der Waals surface area contributed by atoms with Gasteiger partial charge in [-0.3, -0.25) is 9.63 Å². The van der Waals surface area contributed by atoms with Gasteiger partial charge in [0.05, 0.1) is 13.0 Å². The van der Waals surface area contributed by atoms with Gasteiger partial charge in [-0.05, 0) is 11.6 Å². The zero-order valence-corrected chi connectivity index (χ0v) is 8.07. The van der Waals surface area contributed by atoms with E-state index in [0.717, 1.165) is 5.06 Å². The lowest BCUT2D eigenvalue weighted by atomic mass is 10.2. The maximum absolute atomic E-state index is 13.4. The van der Waals surface area contributed by atoms with Crippen LogP contribution in [0.2, 0.25) is 0 Å². The Morgan fingerprint density at radius 1 is 1.53 bits per heavy atom. The van der Waals surface area contributed by atoms with E-state index in [1.807, 2.05) is 0 Å². The van der Waals surface area contributed by atoms with Crippen molar-refractivity contribution in [1.29, 1.82) is 0 Å². The second-order valence-electron chi connectivity index (χ2n) is 3.23. The molecular weight excluding hydrogens is 199 g/mol. The summed E-state index contributed by atoms with van der Waals surface area (Å²) in [5, 5.41) is 0.998. The predicted molar refractivity (Wildman–Crippen MR) is 52.6 cm³/mol. The summed E-state index contributed by atoms with van der Waals surface area (Å²) in [6.07, 6.45) is 0.178. The van der Waals surface area contributed by atoms with Crippen LogP contribution in [0.4, 0.5) is 10.1 Å². The summed E-state index contributed by atoms with van der Waals surface area (Å²) in [6, 6.07) is 4.59. The van der Waals surface area contributed by atoms with Gasteiger partial charge in [0.1, 0.15) is 11.5 Å². The van der Waals surface area contributed by atoms with Crippen LogP contribution >= 0.6 is 0 Å². The molecule has 15 heavy (non-hydrogen) atoms. The average Bonchev–Trinajstić information content (AvgIpc) is 2.53. The summed E-state index contributed by atoms with van der Waals surface area (Å²) < 4.78 is 13.4. The van der Waals surface area contributed by atoms with E-state index in [1.165, 1.54) is 6.07 Å². The Bertz CT molecular complexity index is 395. The molecule has 0 aliphatic carbocycles. The number of hydrogen-bond donors (Lipinski definition) is 1. The largest absolute Gasteiger partial charge is 0.328 e. The van der Waals surface area contributed by atoms with Crippen molar-refractivity contribution in [2.75, 3.05) is 18.2 Å². The molecule has 0 spiro atoms. The van der Waals surface area contributed by atoms with Crippen LogP contribution < -0.4 is 10.8 Å². The zero-order chi connectivity index (χ0) is 10.8. The maximum Gasteiger partial charge on any atom is 0.255 e. The third-order valence-corrected chi connectivity index (χ3v) is 2.18. The number of anilines is 1. The Morgan fingerprint density at radius 3 is 3.07 bits per heavy atom. The first kappa shape index (κ1) is 10.1. The van der Waals surface area contributed by atoms with Gasteiger partial charge in [0.15, 0.2) is 0 Å². The first-order valence-corrected chi connectivity index (χ1v) is 4.67. The number of carbonyl (C=O) groups excluding carboxylic acids is 1. The van der Waals surface area contributed by atoms with Gasteiger partial charge in [0, 0.05) is 6.54 Å². The van der Waals surface area contributed by atoms with E-state index in [-0.39, 0.29) is 31.2 Å². The lowest BCUT2D eigenvalue weighted by molar-refractivity contribution is -0.124. The van der Waals surface area contributed by atoms with Crippen molar-refractivity contribution in [2.24, 2.45) is 5.73 Å². The van der Waals surface area contributed by atoms with Crippen LogP contribution in [0.25, 0.3) is 0 Å². The second-order valence-corrected chi connectivity index (χ2v) is 3.23. The van der Waals surface area contributed by atoms with E-state index in [1.54, 1.807) is 12.1 Å². The molecule has 0 saturated heterocycles. The molecule has 1 aromatic carbocycles. The average molecular weight is 210 g/mol. The van der Waals surface area contributed by atoms with E-state index in [0.29, 0.717) is 5.56 Å². The number of para-hydroxylation sites is 1. The summed E-state index contributed by atoms with van der Waals surface area (Å²) in [5.41, 5.74) is 6.12. The highest BCUT2D eigenvalue weighted by Crippen LogP contribution is 2.31. The molecule has 0 saturated carbocycles. The molecule has 1 aliphatic rings. The Morgan fingerprint density at radius 2 is 2.33 bits per heavy atom. The van der Waals surface area contributed by atoms with Crippen LogP contribution in [-0.4, -0.2) is 19.1 Å². The van der Waals surface area contributed by atoms with Gasteiger partial charge in [-0.2, -0.15) is 5.06 Å². The van der Waals surface area contributed by atoms with E-state index in [2.05, 4.69) is 0 Å². The fraction of sp³-hybridized carbons (Fsp3) is 0.300. The molecule has 0 bridgehead atoms. The highest BCUT2D eigenvalue weighted by molar-refractivity contribution is 5.99. The lowest BCUT2D eigenvalue weighted by Crippen LogP contribution is -2.30. The summed E-state index contributed by atoms with van der Waals surface area (Å²) in [6.45, 7) is 0.479. The third kappa shape index (κ3) is 1.71. The minimum absolute atomic E-state index is 0.178. The van der Waals surface area contributed by atoms with Crippen molar-refractivity contribution in [3.8, 4) is 0 Å². The highest BCUT2D eigenvalue weighted by atomic mass is 19.1. The Balaban J connectivity index is 2.31. The van der Waals surface area contributed by atoms with Gasteiger partial charge >= 0.3 is 0 Å². The predicted octanol–water partition coefficient (Wildman–Crippen LogP) is 0.605. The fourth-order valence-corrected chi connectivity index (χ4v) is 1.57. The number of fused-ring (bicyclic) bond motifs is 1. The Labute approximate surface area is 86.4 Å². The quantitative estimate of drug-likeness (QED) is 0.795. The number of halogens is 1. The number of nitrogens with zero attached hydrogens (tertiary/aromatic N) is 1. The molecule has 2 N–H and O–H groups in total. The molecule has 0 unspecified atom stereocenters. The number of carbonyl (C=O) groups is 1. The Kier molecular flexibility index (Phi) is 2.66. The standard InChI is InChI=1S/C10H11FN2O2/c11-8-3-1-2-7-6-9(14)13(10(7)8)15-5-4-12/h1-3H,4-6,12H2. The van der Waals surface area contributed by atoms with Crippen molar-refractivity contribution < 1.29 is 14.0 Å². The molecule has 1 aromatic rings. The van der Waals surface area contributed by atoms with Crippen LogP contribution in [0.15, 0.2) is 18.2 Å². The maximum atomic E-state index is 13.4. The lowest BCUT2D eigenvalue weighted by Gasteiger charge is -2.16. The van der Waals surface area contributed by atoms with Gasteiger partial charge in [0.2, 0.25) is 0 Å². The molecular formula is C10H11FN2O2. The Hall–Kier alpha value is -1.46. The third-order valence-electron chi connectivity index (χ3n) is 2.18. The summed E-state index contributed by atoms with van der Waals surface area (Å²) in [4.78, 5) is 16.6. The van der Waals surface area contributed by atoms with Gasteiger partial charge in [0.25, 0.3) is 5.91 Å². The topological polar surface area (TPSA) is 55.6 Å². The number of hydrogen-bond acceptors (Lipinski definition) is 3. The molecule has 0 atom stereocenters. The first-order valence-electron chi connectivity index (χ1n) is 4.67. The van der Waals surface area contributed by atoms with Crippen LogP contribution in [0.1, 0.15) is 5.56 Å². The SMILES string of the molecule is NCCON1C(=O)Cc2cccc(F)c21. The molecule has 5 heteroatoms. The molecule has 0 aromatic heterocycles. The van der Waals surface area contributed by atoms with Crippen molar-refractivity contribution in [3.63, 3.8) is 0 Å². The molecule has 0 radical (unpaired) electrons. The van der Waals surface area contributed by atoms with Gasteiger partial charge in [-0.15, -0.1) is 0 Å².